The highest BCUT2D eigenvalue weighted by molar-refractivity contribution is 5.70. The van der Waals surface area contributed by atoms with Crippen molar-refractivity contribution in [2.24, 2.45) is 23.7 Å². The number of hydrogen-bond acceptors (Lipinski definition) is 1. The van der Waals surface area contributed by atoms with Gasteiger partial charge >= 0.3 is 5.97 Å². The number of rotatable bonds is 1. The van der Waals surface area contributed by atoms with Crippen molar-refractivity contribution in [3.8, 4) is 0 Å². The molecule has 0 spiro atoms. The van der Waals surface area contributed by atoms with Crippen LogP contribution < -0.4 is 0 Å². The molecule has 2 aliphatic carbocycles. The van der Waals surface area contributed by atoms with Crippen molar-refractivity contribution in [2.45, 2.75) is 45.4 Å². The predicted molar refractivity (Wildman–Crippen MR) is 55.0 cm³/mol. The summed E-state index contributed by atoms with van der Waals surface area (Å²) in [5.41, 5.74) is 0. The fraction of sp³-hybridized carbons (Fsp3) is 0.917. The summed E-state index contributed by atoms with van der Waals surface area (Å²) in [5, 5.41) is 9.01. The lowest BCUT2D eigenvalue weighted by atomic mass is 9.63. The van der Waals surface area contributed by atoms with Crippen LogP contribution >= 0.6 is 0 Å². The van der Waals surface area contributed by atoms with Gasteiger partial charge in [0, 0.05) is 0 Å². The Bertz CT molecular complexity index is 224. The predicted octanol–water partition coefficient (Wildman–Crippen LogP) is 2.92. The highest BCUT2D eigenvalue weighted by Crippen LogP contribution is 2.45. The third-order valence-corrected chi connectivity index (χ3v) is 4.36. The van der Waals surface area contributed by atoms with E-state index in [1.807, 2.05) is 0 Å². The van der Waals surface area contributed by atoms with Gasteiger partial charge < -0.3 is 5.11 Å². The van der Waals surface area contributed by atoms with E-state index in [0.29, 0.717) is 5.92 Å². The first-order valence-electron chi connectivity index (χ1n) is 5.91. The first-order valence-corrected chi connectivity index (χ1v) is 5.91. The first kappa shape index (κ1) is 10.0. The fourth-order valence-corrected chi connectivity index (χ4v) is 3.46. The molecule has 2 fully saturated rings. The molecular formula is C12H20O2. The monoisotopic (exact) mass is 196 g/mol. The van der Waals surface area contributed by atoms with Crippen LogP contribution in [0.1, 0.15) is 45.4 Å². The zero-order valence-electron chi connectivity index (χ0n) is 8.91. The Morgan fingerprint density at radius 1 is 1.21 bits per heavy atom. The smallest absolute Gasteiger partial charge is 0.306 e. The minimum Gasteiger partial charge on any atom is -0.481 e. The van der Waals surface area contributed by atoms with Gasteiger partial charge in [0.25, 0.3) is 0 Å². The molecule has 0 aromatic heterocycles. The summed E-state index contributed by atoms with van der Waals surface area (Å²) in [6.45, 7) is 2.31. The summed E-state index contributed by atoms with van der Waals surface area (Å²) in [6, 6.07) is 0. The maximum absolute atomic E-state index is 10.9. The molecule has 14 heavy (non-hydrogen) atoms. The van der Waals surface area contributed by atoms with Crippen molar-refractivity contribution in [2.75, 3.05) is 0 Å². The molecule has 4 atom stereocenters. The Morgan fingerprint density at radius 3 is 2.71 bits per heavy atom. The van der Waals surface area contributed by atoms with Crippen LogP contribution in [0.5, 0.6) is 0 Å². The summed E-state index contributed by atoms with van der Waals surface area (Å²) in [5.74, 6) is 1.70. The summed E-state index contributed by atoms with van der Waals surface area (Å²) >= 11 is 0. The SMILES string of the molecule is CC1CCCC2CCC(C(=O)O)CC12. The lowest BCUT2D eigenvalue weighted by Gasteiger charge is -2.41. The summed E-state index contributed by atoms with van der Waals surface area (Å²) in [6.07, 6.45) is 7.05. The van der Waals surface area contributed by atoms with E-state index in [0.717, 1.165) is 31.1 Å². The van der Waals surface area contributed by atoms with E-state index in [9.17, 15) is 4.79 Å². The third-order valence-electron chi connectivity index (χ3n) is 4.36. The van der Waals surface area contributed by atoms with E-state index in [2.05, 4.69) is 6.92 Å². The molecule has 2 heteroatoms. The molecule has 2 saturated carbocycles. The zero-order valence-corrected chi connectivity index (χ0v) is 8.91. The molecule has 0 aromatic carbocycles. The van der Waals surface area contributed by atoms with Crippen LogP contribution in [-0.4, -0.2) is 11.1 Å². The normalized spacial score (nSPS) is 42.9. The minimum atomic E-state index is -0.568. The average Bonchev–Trinajstić information content (AvgIpc) is 2.18. The zero-order chi connectivity index (χ0) is 10.1. The van der Waals surface area contributed by atoms with Gasteiger partial charge in [-0.05, 0) is 37.0 Å². The van der Waals surface area contributed by atoms with Crippen molar-refractivity contribution < 1.29 is 9.90 Å². The number of carbonyl (C=O) groups is 1. The van der Waals surface area contributed by atoms with Gasteiger partial charge in [-0.15, -0.1) is 0 Å². The molecule has 0 heterocycles. The molecule has 0 saturated heterocycles. The molecule has 1 N–H and O–H groups in total. The van der Waals surface area contributed by atoms with Gasteiger partial charge in [-0.25, -0.2) is 0 Å². The average molecular weight is 196 g/mol. The Morgan fingerprint density at radius 2 is 2.00 bits per heavy atom. The Kier molecular flexibility index (Phi) is 2.80. The van der Waals surface area contributed by atoms with Crippen molar-refractivity contribution in [3.05, 3.63) is 0 Å². The summed E-state index contributed by atoms with van der Waals surface area (Å²) < 4.78 is 0. The van der Waals surface area contributed by atoms with E-state index in [4.69, 9.17) is 5.11 Å². The van der Waals surface area contributed by atoms with Crippen molar-refractivity contribution in [3.63, 3.8) is 0 Å². The summed E-state index contributed by atoms with van der Waals surface area (Å²) in [7, 11) is 0. The van der Waals surface area contributed by atoms with E-state index >= 15 is 0 Å². The second-order valence-electron chi connectivity index (χ2n) is 5.18. The van der Waals surface area contributed by atoms with Crippen molar-refractivity contribution in [1.82, 2.24) is 0 Å². The van der Waals surface area contributed by atoms with Crippen LogP contribution in [-0.2, 0) is 4.79 Å². The minimum absolute atomic E-state index is 0.0446. The maximum atomic E-state index is 10.9. The molecule has 2 rings (SSSR count). The van der Waals surface area contributed by atoms with Gasteiger partial charge in [-0.1, -0.05) is 26.2 Å². The molecular weight excluding hydrogens is 176 g/mol. The number of carboxylic acid groups (broad SMARTS) is 1. The standard InChI is InChI=1S/C12H20O2/c1-8-3-2-4-9-5-6-10(12(13)14)7-11(8)9/h8-11H,2-7H2,1H3,(H,13,14). The van der Waals surface area contributed by atoms with Crippen molar-refractivity contribution in [1.29, 1.82) is 0 Å². The molecule has 0 radical (unpaired) electrons. The lowest BCUT2D eigenvalue weighted by Crippen LogP contribution is -2.35. The van der Waals surface area contributed by atoms with Gasteiger partial charge in [0.05, 0.1) is 5.92 Å². The molecule has 0 aromatic rings. The van der Waals surface area contributed by atoms with Gasteiger partial charge in [0.15, 0.2) is 0 Å². The largest absolute Gasteiger partial charge is 0.481 e. The van der Waals surface area contributed by atoms with Gasteiger partial charge in [0.1, 0.15) is 0 Å². The topological polar surface area (TPSA) is 37.3 Å². The molecule has 0 amide bonds. The first-order chi connectivity index (χ1) is 6.68. The quantitative estimate of drug-likeness (QED) is 0.700. The molecule has 0 aliphatic heterocycles. The van der Waals surface area contributed by atoms with Gasteiger partial charge in [0.2, 0.25) is 0 Å². The molecule has 2 aliphatic rings. The fourth-order valence-electron chi connectivity index (χ4n) is 3.46. The third kappa shape index (κ3) is 1.79. The van der Waals surface area contributed by atoms with Crippen molar-refractivity contribution >= 4 is 5.97 Å². The van der Waals surface area contributed by atoms with E-state index in [-0.39, 0.29) is 5.92 Å². The van der Waals surface area contributed by atoms with E-state index in [1.54, 1.807) is 0 Å². The number of aliphatic carboxylic acids is 1. The number of carboxylic acids is 1. The van der Waals surface area contributed by atoms with Crippen LogP contribution in [0, 0.1) is 23.7 Å². The van der Waals surface area contributed by atoms with Gasteiger partial charge in [-0.2, -0.15) is 0 Å². The van der Waals surface area contributed by atoms with Crippen LogP contribution in [0.25, 0.3) is 0 Å². The molecule has 2 nitrogen and oxygen atoms in total. The second kappa shape index (κ2) is 3.92. The summed E-state index contributed by atoms with van der Waals surface area (Å²) in [4.78, 5) is 10.9. The molecule has 0 bridgehead atoms. The van der Waals surface area contributed by atoms with Crippen LogP contribution in [0.3, 0.4) is 0 Å². The lowest BCUT2D eigenvalue weighted by molar-refractivity contribution is -0.144. The second-order valence-corrected chi connectivity index (χ2v) is 5.18. The Hall–Kier alpha value is -0.530. The Labute approximate surface area is 85.7 Å². The van der Waals surface area contributed by atoms with Gasteiger partial charge in [-0.3, -0.25) is 4.79 Å². The molecule has 80 valence electrons. The number of fused-ring (bicyclic) bond motifs is 1. The highest BCUT2D eigenvalue weighted by atomic mass is 16.4. The number of hydrogen-bond donors (Lipinski definition) is 1. The maximum Gasteiger partial charge on any atom is 0.306 e. The van der Waals surface area contributed by atoms with Crippen LogP contribution in [0.4, 0.5) is 0 Å². The highest BCUT2D eigenvalue weighted by Gasteiger charge is 2.38. The Balaban J connectivity index is 2.01. The van der Waals surface area contributed by atoms with Crippen LogP contribution in [0.2, 0.25) is 0 Å². The van der Waals surface area contributed by atoms with E-state index in [1.165, 1.54) is 19.3 Å². The van der Waals surface area contributed by atoms with E-state index < -0.39 is 5.97 Å². The van der Waals surface area contributed by atoms with Crippen LogP contribution in [0.15, 0.2) is 0 Å². The molecule has 4 unspecified atom stereocenters.